The lowest BCUT2D eigenvalue weighted by molar-refractivity contribution is -0.110. The Hall–Kier alpha value is -0.650. The first-order valence-electron chi connectivity index (χ1n) is 4.78. The van der Waals surface area contributed by atoms with Crippen LogP contribution in [0, 0.1) is 0 Å². The Morgan fingerprint density at radius 3 is 1.87 bits per heavy atom. The molecule has 0 atom stereocenters. The summed E-state index contributed by atoms with van der Waals surface area (Å²) in [6.45, 7) is 2.14. The Kier molecular flexibility index (Phi) is 17.7. The van der Waals surface area contributed by atoms with E-state index in [1.165, 1.54) is 38.8 Å². The first-order chi connectivity index (χ1) is 7.15. The van der Waals surface area contributed by atoms with Gasteiger partial charge in [-0.15, -0.1) is 0 Å². The molecule has 0 bridgehead atoms. The van der Waals surface area contributed by atoms with Crippen molar-refractivity contribution in [1.82, 2.24) is 5.32 Å². The van der Waals surface area contributed by atoms with E-state index in [1.807, 2.05) is 0 Å². The van der Waals surface area contributed by atoms with Crippen LogP contribution in [0.4, 0.5) is 4.79 Å². The van der Waals surface area contributed by atoms with E-state index < -0.39 is 5.43 Å². The minimum absolute atomic E-state index is 0.361. The van der Waals surface area contributed by atoms with Crippen LogP contribution in [0.25, 0.3) is 0 Å². The Labute approximate surface area is 94.4 Å². The predicted octanol–water partition coefficient (Wildman–Crippen LogP) is 1.23. The molecule has 5 nitrogen and oxygen atoms in total. The molecule has 90 valence electrons. The molecule has 0 spiro atoms. The number of nitrogens with one attached hydrogen (secondary N) is 1. The summed E-state index contributed by atoms with van der Waals surface area (Å²) < 4.78 is 0. The average molecular weight is 240 g/mol. The van der Waals surface area contributed by atoms with E-state index in [0.717, 1.165) is 0 Å². The number of aldehydes is 1. The molecule has 1 aliphatic heterocycles. The molecule has 0 aromatic heterocycles. The van der Waals surface area contributed by atoms with Crippen molar-refractivity contribution in [2.45, 2.75) is 25.7 Å². The number of hydrogen-bond donors (Lipinski definition) is 3. The molecule has 15 heavy (non-hydrogen) atoms. The van der Waals surface area contributed by atoms with Crippen molar-refractivity contribution in [3.05, 3.63) is 0 Å². The smallest absolute Gasteiger partial charge is 0.401 e. The van der Waals surface area contributed by atoms with Gasteiger partial charge >= 0.3 is 5.43 Å². The maximum atomic E-state index is 8.92. The molecule has 0 aromatic rings. The maximum absolute atomic E-state index is 8.92. The summed E-state index contributed by atoms with van der Waals surface area (Å²) in [7, 11) is 0. The average Bonchev–Trinajstić information content (AvgIpc) is 2.48. The number of aliphatic hydroxyl groups is 1. The first-order valence-corrected chi connectivity index (χ1v) is 5.16. The highest BCUT2D eigenvalue weighted by Gasteiger charge is 1.94. The van der Waals surface area contributed by atoms with Gasteiger partial charge in [-0.3, -0.25) is 0 Å². The Morgan fingerprint density at radius 2 is 1.60 bits per heavy atom. The van der Waals surface area contributed by atoms with Gasteiger partial charge in [-0.2, -0.15) is 0 Å². The lowest BCUT2D eigenvalue weighted by Crippen LogP contribution is -2.12. The summed E-state index contributed by atoms with van der Waals surface area (Å²) in [5.41, 5.74) is -1.36. The summed E-state index contributed by atoms with van der Waals surface area (Å²) in [5.74, 6) is 0. The van der Waals surface area contributed by atoms with Gasteiger partial charge in [-0.25, -0.2) is 4.79 Å². The van der Waals surface area contributed by atoms with Gasteiger partial charge in [0, 0.05) is 11.6 Å². The van der Waals surface area contributed by atoms with Gasteiger partial charge in [-0.05, 0) is 25.9 Å². The van der Waals surface area contributed by atoms with Gasteiger partial charge < -0.3 is 20.3 Å². The minimum Gasteiger partial charge on any atom is -0.469 e. The molecule has 1 heterocycles. The minimum atomic E-state index is -1.36. The number of aliphatic hydroxyl groups excluding tert-OH is 1. The van der Waals surface area contributed by atoms with Gasteiger partial charge in [0.1, 0.15) is 6.29 Å². The van der Waals surface area contributed by atoms with Crippen LogP contribution in [-0.2, 0) is 4.79 Å². The SMILES string of the molecule is C1CCCNCC1.O=C(O)Cl.O=CCO. The van der Waals surface area contributed by atoms with Crippen LogP contribution in [-0.4, -0.2) is 41.6 Å². The quantitative estimate of drug-likeness (QED) is 0.473. The van der Waals surface area contributed by atoms with Crippen LogP contribution >= 0.6 is 11.6 Å². The fourth-order valence-corrected chi connectivity index (χ4v) is 0.979. The molecule has 0 unspecified atom stereocenters. The topological polar surface area (TPSA) is 86.6 Å². The number of carbonyl (C=O) groups excluding carboxylic acids is 1. The Bertz CT molecular complexity index is 131. The summed E-state index contributed by atoms with van der Waals surface area (Å²) in [6, 6.07) is 0. The third kappa shape index (κ3) is 31.8. The van der Waals surface area contributed by atoms with Crippen LogP contribution in [0.5, 0.6) is 0 Å². The van der Waals surface area contributed by atoms with Crippen LogP contribution in [0.1, 0.15) is 25.7 Å². The number of halogens is 1. The zero-order valence-corrected chi connectivity index (χ0v) is 9.37. The highest BCUT2D eigenvalue weighted by molar-refractivity contribution is 6.60. The highest BCUT2D eigenvalue weighted by atomic mass is 35.5. The number of rotatable bonds is 1. The molecule has 1 fully saturated rings. The lowest BCUT2D eigenvalue weighted by atomic mass is 10.2. The Morgan fingerprint density at radius 1 is 1.27 bits per heavy atom. The van der Waals surface area contributed by atoms with Crippen molar-refractivity contribution >= 4 is 23.3 Å². The molecular formula is C9H18ClNO4. The monoisotopic (exact) mass is 239 g/mol. The van der Waals surface area contributed by atoms with Gasteiger partial charge in [0.15, 0.2) is 0 Å². The molecule has 1 saturated heterocycles. The molecule has 0 aromatic carbocycles. The van der Waals surface area contributed by atoms with Crippen LogP contribution in [0.15, 0.2) is 0 Å². The normalized spacial score (nSPS) is 14.5. The third-order valence-electron chi connectivity index (χ3n) is 1.53. The van der Waals surface area contributed by atoms with Crippen LogP contribution in [0.3, 0.4) is 0 Å². The summed E-state index contributed by atoms with van der Waals surface area (Å²) in [5, 5.41) is 18.0. The molecule has 0 amide bonds. The van der Waals surface area contributed by atoms with Gasteiger partial charge in [0.2, 0.25) is 0 Å². The predicted molar refractivity (Wildman–Crippen MR) is 58.4 cm³/mol. The first kappa shape index (κ1) is 16.8. The third-order valence-corrected chi connectivity index (χ3v) is 1.53. The Balaban J connectivity index is 0. The molecule has 1 rings (SSSR count). The van der Waals surface area contributed by atoms with Crippen molar-refractivity contribution in [3.8, 4) is 0 Å². The van der Waals surface area contributed by atoms with E-state index in [4.69, 9.17) is 19.8 Å². The summed E-state index contributed by atoms with van der Waals surface area (Å²) in [6.07, 6.45) is 6.08. The van der Waals surface area contributed by atoms with Gasteiger partial charge in [0.25, 0.3) is 0 Å². The van der Waals surface area contributed by atoms with Crippen molar-refractivity contribution < 1.29 is 19.8 Å². The van der Waals surface area contributed by atoms with E-state index in [-0.39, 0.29) is 6.61 Å². The van der Waals surface area contributed by atoms with Crippen molar-refractivity contribution in [2.24, 2.45) is 0 Å². The number of hydrogen-bond acceptors (Lipinski definition) is 4. The van der Waals surface area contributed by atoms with Crippen molar-refractivity contribution in [2.75, 3.05) is 19.7 Å². The second kappa shape index (κ2) is 15.8. The lowest BCUT2D eigenvalue weighted by Gasteiger charge is -1.91. The number of carboxylic acid groups (broad SMARTS) is 1. The van der Waals surface area contributed by atoms with Crippen molar-refractivity contribution in [1.29, 1.82) is 0 Å². The zero-order chi connectivity index (χ0) is 11.9. The second-order valence-electron chi connectivity index (χ2n) is 2.77. The van der Waals surface area contributed by atoms with E-state index in [0.29, 0.717) is 6.29 Å². The highest BCUT2D eigenvalue weighted by Crippen LogP contribution is 2.00. The van der Waals surface area contributed by atoms with Crippen LogP contribution in [0.2, 0.25) is 0 Å². The summed E-state index contributed by atoms with van der Waals surface area (Å²) in [4.78, 5) is 17.7. The summed E-state index contributed by atoms with van der Waals surface area (Å²) >= 11 is 4.19. The molecule has 0 radical (unpaired) electrons. The van der Waals surface area contributed by atoms with E-state index in [2.05, 4.69) is 16.9 Å². The molecule has 1 aliphatic rings. The maximum Gasteiger partial charge on any atom is 0.401 e. The molecule has 3 N–H and O–H groups in total. The molecule has 6 heteroatoms. The fraction of sp³-hybridized carbons (Fsp3) is 0.778. The van der Waals surface area contributed by atoms with E-state index in [9.17, 15) is 0 Å². The second-order valence-corrected chi connectivity index (χ2v) is 3.09. The zero-order valence-electron chi connectivity index (χ0n) is 8.62. The largest absolute Gasteiger partial charge is 0.469 e. The molecule has 0 saturated carbocycles. The molecule has 0 aliphatic carbocycles. The van der Waals surface area contributed by atoms with E-state index >= 15 is 0 Å². The standard InChI is InChI=1S/C6H13N.C2H4O2.CHClO2/c1-2-4-6-7-5-3-1;3-1-2-4;2-1(3)4/h7H,1-6H2;1,4H,2H2;(H,3,4). The van der Waals surface area contributed by atoms with Gasteiger partial charge in [0.05, 0.1) is 6.61 Å². The molecular weight excluding hydrogens is 222 g/mol. The van der Waals surface area contributed by atoms with Crippen molar-refractivity contribution in [3.63, 3.8) is 0 Å². The van der Waals surface area contributed by atoms with Crippen LogP contribution < -0.4 is 5.32 Å². The van der Waals surface area contributed by atoms with E-state index in [1.54, 1.807) is 0 Å². The van der Waals surface area contributed by atoms with Gasteiger partial charge in [-0.1, -0.05) is 12.8 Å². The fourth-order valence-electron chi connectivity index (χ4n) is 0.979. The number of carbonyl (C=O) groups is 2.